The van der Waals surface area contributed by atoms with Crippen molar-refractivity contribution in [1.29, 1.82) is 0 Å². The average Bonchev–Trinajstić information content (AvgIpc) is 2.89. The molecule has 2 amide bonds. The van der Waals surface area contributed by atoms with Crippen LogP contribution >= 0.6 is 0 Å². The minimum atomic E-state index is -3.61. The maximum absolute atomic E-state index is 13.3. The van der Waals surface area contributed by atoms with Crippen molar-refractivity contribution < 1.29 is 27.5 Å². The number of nitrogens with zero attached hydrogens (tertiary/aromatic N) is 2. The fraction of sp³-hybridized carbons (Fsp3) is 0.500. The Bertz CT molecular complexity index is 1190. The molecule has 1 aliphatic heterocycles. The van der Waals surface area contributed by atoms with Gasteiger partial charge in [-0.2, -0.15) is 0 Å². The van der Waals surface area contributed by atoms with Crippen LogP contribution in [0, 0.1) is 5.92 Å². The molecular weight excluding hydrogens is 506 g/mol. The Kier molecular flexibility index (Phi) is 10.4. The summed E-state index contributed by atoms with van der Waals surface area (Å²) in [6, 6.07) is 14.2. The van der Waals surface area contributed by atoms with E-state index in [-0.39, 0.29) is 24.8 Å². The highest BCUT2D eigenvalue weighted by atomic mass is 32.2. The van der Waals surface area contributed by atoms with E-state index in [2.05, 4.69) is 5.32 Å². The summed E-state index contributed by atoms with van der Waals surface area (Å²) >= 11 is 0. The van der Waals surface area contributed by atoms with Gasteiger partial charge in [-0.3, -0.25) is 13.9 Å². The summed E-state index contributed by atoms with van der Waals surface area (Å²) in [4.78, 5) is 27.7. The molecule has 0 aromatic heterocycles. The molecule has 1 unspecified atom stereocenters. The zero-order valence-electron chi connectivity index (χ0n) is 22.7. The number of rotatable bonds is 13. The number of hydrogen-bond acceptors (Lipinski definition) is 6. The zero-order chi connectivity index (χ0) is 27.7. The van der Waals surface area contributed by atoms with Crippen molar-refractivity contribution in [3.63, 3.8) is 0 Å². The lowest BCUT2D eigenvalue weighted by Gasteiger charge is -2.30. The van der Waals surface area contributed by atoms with Gasteiger partial charge in [0.25, 0.3) is 0 Å². The summed E-state index contributed by atoms with van der Waals surface area (Å²) in [5, 5.41) is 2.91. The van der Waals surface area contributed by atoms with Crippen LogP contribution in [0.1, 0.15) is 39.2 Å². The van der Waals surface area contributed by atoms with Gasteiger partial charge in [0, 0.05) is 32.1 Å². The van der Waals surface area contributed by atoms with Gasteiger partial charge in [-0.25, -0.2) is 8.42 Å². The van der Waals surface area contributed by atoms with E-state index in [0.717, 1.165) is 11.8 Å². The van der Waals surface area contributed by atoms with Crippen LogP contribution in [0.4, 0.5) is 5.69 Å². The monoisotopic (exact) mass is 545 g/mol. The number of benzene rings is 2. The average molecular weight is 546 g/mol. The predicted octanol–water partition coefficient (Wildman–Crippen LogP) is 3.24. The number of nitrogens with one attached hydrogen (secondary N) is 1. The molecule has 3 rings (SSSR count). The lowest BCUT2D eigenvalue weighted by atomic mass is 10.1. The van der Waals surface area contributed by atoms with Crippen LogP contribution in [-0.4, -0.2) is 70.3 Å². The molecule has 0 spiro atoms. The van der Waals surface area contributed by atoms with Crippen LogP contribution in [0.3, 0.4) is 0 Å². The summed E-state index contributed by atoms with van der Waals surface area (Å²) in [6.07, 6.45) is 2.15. The first-order valence-electron chi connectivity index (χ1n) is 13.0. The second-order valence-corrected chi connectivity index (χ2v) is 11.8. The lowest BCUT2D eigenvalue weighted by Crippen LogP contribution is -2.49. The highest BCUT2D eigenvalue weighted by Gasteiger charge is 2.26. The zero-order valence-corrected chi connectivity index (χ0v) is 23.5. The first kappa shape index (κ1) is 29.3. The molecule has 208 valence electrons. The SMILES string of the molecule is CC(C)CNC(=O)C(C)N(CCc1ccccc1)C(=O)CCCN(c1ccc2c(c1)OCCO2)S(C)(=O)=O. The molecule has 1 atom stereocenters. The van der Waals surface area contributed by atoms with E-state index >= 15 is 0 Å². The lowest BCUT2D eigenvalue weighted by molar-refractivity contribution is -0.140. The van der Waals surface area contributed by atoms with Gasteiger partial charge in [0.1, 0.15) is 19.3 Å². The van der Waals surface area contributed by atoms with Gasteiger partial charge >= 0.3 is 0 Å². The van der Waals surface area contributed by atoms with Crippen molar-refractivity contribution in [2.24, 2.45) is 5.92 Å². The van der Waals surface area contributed by atoms with E-state index in [9.17, 15) is 18.0 Å². The predicted molar refractivity (Wildman–Crippen MR) is 148 cm³/mol. The van der Waals surface area contributed by atoms with E-state index < -0.39 is 16.1 Å². The highest BCUT2D eigenvalue weighted by Crippen LogP contribution is 2.34. The van der Waals surface area contributed by atoms with Crippen LogP contribution in [-0.2, 0) is 26.0 Å². The van der Waals surface area contributed by atoms with Gasteiger partial charge in [-0.05, 0) is 43.4 Å². The van der Waals surface area contributed by atoms with Crippen LogP contribution in [0.2, 0.25) is 0 Å². The normalized spacial score (nSPS) is 13.6. The topological polar surface area (TPSA) is 105 Å². The van der Waals surface area contributed by atoms with Crippen molar-refractivity contribution in [2.45, 2.75) is 46.1 Å². The maximum Gasteiger partial charge on any atom is 0.242 e. The van der Waals surface area contributed by atoms with Crippen molar-refractivity contribution in [1.82, 2.24) is 10.2 Å². The molecule has 0 bridgehead atoms. The van der Waals surface area contributed by atoms with E-state index in [1.165, 1.54) is 4.31 Å². The third kappa shape index (κ3) is 8.37. The third-order valence-corrected chi connectivity index (χ3v) is 7.50. The number of hydrogen-bond donors (Lipinski definition) is 1. The molecule has 10 heteroatoms. The van der Waals surface area contributed by atoms with Gasteiger partial charge < -0.3 is 19.7 Å². The van der Waals surface area contributed by atoms with Crippen molar-refractivity contribution >= 4 is 27.5 Å². The number of amides is 2. The summed E-state index contributed by atoms with van der Waals surface area (Å²) in [5.41, 5.74) is 1.52. The van der Waals surface area contributed by atoms with E-state index in [1.54, 1.807) is 30.0 Å². The van der Waals surface area contributed by atoms with Gasteiger partial charge in [-0.15, -0.1) is 0 Å². The van der Waals surface area contributed by atoms with Gasteiger partial charge in [0.2, 0.25) is 21.8 Å². The number of anilines is 1. The van der Waals surface area contributed by atoms with E-state index in [0.29, 0.717) is 62.2 Å². The number of carbonyl (C=O) groups is 2. The second kappa shape index (κ2) is 13.5. The first-order chi connectivity index (χ1) is 18.1. The summed E-state index contributed by atoms with van der Waals surface area (Å²) in [5.74, 6) is 0.967. The minimum absolute atomic E-state index is 0.104. The summed E-state index contributed by atoms with van der Waals surface area (Å²) in [7, 11) is -3.61. The number of ether oxygens (including phenoxy) is 2. The smallest absolute Gasteiger partial charge is 0.242 e. The maximum atomic E-state index is 13.3. The number of fused-ring (bicyclic) bond motifs is 1. The molecule has 0 radical (unpaired) electrons. The van der Waals surface area contributed by atoms with Gasteiger partial charge in [0.15, 0.2) is 11.5 Å². The third-order valence-electron chi connectivity index (χ3n) is 6.30. The molecule has 2 aromatic rings. The molecule has 38 heavy (non-hydrogen) atoms. The molecule has 0 saturated carbocycles. The fourth-order valence-electron chi connectivity index (χ4n) is 4.21. The van der Waals surface area contributed by atoms with E-state index in [1.807, 2.05) is 44.2 Å². The summed E-state index contributed by atoms with van der Waals surface area (Å²) in [6.45, 7) is 7.63. The summed E-state index contributed by atoms with van der Waals surface area (Å²) < 4.78 is 37.6. The molecule has 1 N–H and O–H groups in total. The van der Waals surface area contributed by atoms with Crippen LogP contribution in [0.5, 0.6) is 11.5 Å². The molecule has 9 nitrogen and oxygen atoms in total. The fourth-order valence-corrected chi connectivity index (χ4v) is 5.17. The number of sulfonamides is 1. The van der Waals surface area contributed by atoms with E-state index in [4.69, 9.17) is 9.47 Å². The Morgan fingerprint density at radius 1 is 0.974 bits per heavy atom. The van der Waals surface area contributed by atoms with Gasteiger partial charge in [-0.1, -0.05) is 44.2 Å². The van der Waals surface area contributed by atoms with Gasteiger partial charge in [0.05, 0.1) is 11.9 Å². The van der Waals surface area contributed by atoms with Crippen LogP contribution in [0.25, 0.3) is 0 Å². The molecule has 1 aliphatic rings. The largest absolute Gasteiger partial charge is 0.486 e. The second-order valence-electron chi connectivity index (χ2n) is 9.90. The standard InChI is InChI=1S/C28H39N3O6S/c1-21(2)20-29-28(33)22(3)30(16-14-23-9-6-5-7-10-23)27(32)11-8-15-31(38(4,34)35)24-12-13-25-26(19-24)37-18-17-36-25/h5-7,9-10,12-13,19,21-22H,8,11,14-18,20H2,1-4H3,(H,29,33). The van der Waals surface area contributed by atoms with Crippen LogP contribution in [0.15, 0.2) is 48.5 Å². The Morgan fingerprint density at radius 2 is 1.66 bits per heavy atom. The Hall–Kier alpha value is -3.27. The van der Waals surface area contributed by atoms with Crippen molar-refractivity contribution in [3.8, 4) is 11.5 Å². The van der Waals surface area contributed by atoms with Crippen molar-refractivity contribution in [2.75, 3.05) is 43.4 Å². The van der Waals surface area contributed by atoms with Crippen molar-refractivity contribution in [3.05, 3.63) is 54.1 Å². The Labute approximate surface area is 226 Å². The molecule has 0 aliphatic carbocycles. The Morgan fingerprint density at radius 3 is 2.32 bits per heavy atom. The number of carbonyl (C=O) groups excluding carboxylic acids is 2. The van der Waals surface area contributed by atoms with Crippen LogP contribution < -0.4 is 19.1 Å². The molecule has 1 heterocycles. The minimum Gasteiger partial charge on any atom is -0.486 e. The molecule has 0 fully saturated rings. The molecular formula is C28H39N3O6S. The molecule has 2 aromatic carbocycles. The molecule has 0 saturated heterocycles. The Balaban J connectivity index is 1.68. The highest BCUT2D eigenvalue weighted by molar-refractivity contribution is 7.92. The first-order valence-corrected chi connectivity index (χ1v) is 14.9. The quantitative estimate of drug-likeness (QED) is 0.414.